The van der Waals surface area contributed by atoms with Gasteiger partial charge >= 0.3 is 0 Å². The van der Waals surface area contributed by atoms with Crippen LogP contribution in [-0.2, 0) is 22.5 Å². The van der Waals surface area contributed by atoms with Crippen LogP contribution in [-0.4, -0.2) is 23.0 Å². The zero-order chi connectivity index (χ0) is 25.0. The predicted octanol–water partition coefficient (Wildman–Crippen LogP) is 7.23. The number of unbranched alkanes of at least 4 members (excludes halogenated alkanes) is 2. The molecule has 0 radical (unpaired) electrons. The minimum atomic E-state index is -0.793. The Morgan fingerprint density at radius 1 is 0.917 bits per heavy atom. The first-order valence-electron chi connectivity index (χ1n) is 13.1. The fourth-order valence-corrected chi connectivity index (χ4v) is 5.52. The monoisotopic (exact) mass is 482 g/mol. The standard InChI is InChI=1S/C31H34N2O3/c1-2-3-4-7-23-8-14-27(15-9-23)32-28-16-12-24(13-17-28)25-10-11-26-21-33(30(35)29(26)20-25)31(36-22-34)18-5-6-19-31/h8-17,20,22,32H,2-7,18-19,21H2,1H3. The fourth-order valence-electron chi connectivity index (χ4n) is 5.52. The van der Waals surface area contributed by atoms with Gasteiger partial charge in [0, 0.05) is 29.8 Å². The van der Waals surface area contributed by atoms with Crippen molar-refractivity contribution in [3.63, 3.8) is 0 Å². The van der Waals surface area contributed by atoms with Crippen molar-refractivity contribution in [3.8, 4) is 11.1 Å². The molecule has 1 N–H and O–H groups in total. The van der Waals surface area contributed by atoms with E-state index in [9.17, 15) is 9.59 Å². The second-order valence-electron chi connectivity index (χ2n) is 9.99. The Labute approximate surface area is 213 Å². The van der Waals surface area contributed by atoms with E-state index in [4.69, 9.17) is 4.74 Å². The van der Waals surface area contributed by atoms with Gasteiger partial charge in [0.1, 0.15) is 0 Å². The number of benzene rings is 3. The van der Waals surface area contributed by atoms with E-state index in [2.05, 4.69) is 66.8 Å². The van der Waals surface area contributed by atoms with Gasteiger partial charge in [0.2, 0.25) is 0 Å². The number of nitrogens with zero attached hydrogens (tertiary/aromatic N) is 1. The first-order chi connectivity index (χ1) is 17.6. The van der Waals surface area contributed by atoms with Crippen LogP contribution >= 0.6 is 0 Å². The third kappa shape index (κ3) is 4.88. The summed E-state index contributed by atoms with van der Waals surface area (Å²) >= 11 is 0. The van der Waals surface area contributed by atoms with Crippen molar-refractivity contribution < 1.29 is 14.3 Å². The molecule has 36 heavy (non-hydrogen) atoms. The van der Waals surface area contributed by atoms with Crippen LogP contribution in [0.4, 0.5) is 11.4 Å². The third-order valence-electron chi connectivity index (χ3n) is 7.59. The summed E-state index contributed by atoms with van der Waals surface area (Å²) in [5.74, 6) is -0.0490. The Kier molecular flexibility index (Phi) is 7.08. The van der Waals surface area contributed by atoms with Crippen molar-refractivity contribution in [2.24, 2.45) is 0 Å². The molecule has 0 aromatic heterocycles. The number of aryl methyl sites for hydroxylation is 1. The number of anilines is 2. The van der Waals surface area contributed by atoms with E-state index in [1.165, 1.54) is 24.8 Å². The average molecular weight is 483 g/mol. The van der Waals surface area contributed by atoms with E-state index in [0.717, 1.165) is 47.3 Å². The smallest absolute Gasteiger partial charge is 0.295 e. The number of ether oxygens (including phenoxy) is 1. The Balaban J connectivity index is 1.27. The summed E-state index contributed by atoms with van der Waals surface area (Å²) in [6.07, 6.45) is 8.22. The Morgan fingerprint density at radius 2 is 1.58 bits per heavy atom. The van der Waals surface area contributed by atoms with Gasteiger partial charge in [0.05, 0.1) is 6.54 Å². The highest BCUT2D eigenvalue weighted by Gasteiger charge is 2.47. The molecule has 1 saturated carbocycles. The van der Waals surface area contributed by atoms with Crippen molar-refractivity contribution >= 4 is 23.8 Å². The normalized spacial score (nSPS) is 16.1. The lowest BCUT2D eigenvalue weighted by Gasteiger charge is -2.36. The lowest BCUT2D eigenvalue weighted by atomic mass is 10.00. The molecule has 5 heteroatoms. The average Bonchev–Trinajstić information content (AvgIpc) is 3.51. The Morgan fingerprint density at radius 3 is 2.25 bits per heavy atom. The van der Waals surface area contributed by atoms with Gasteiger partial charge in [-0.15, -0.1) is 0 Å². The molecule has 186 valence electrons. The maximum absolute atomic E-state index is 13.3. The summed E-state index contributed by atoms with van der Waals surface area (Å²) in [7, 11) is 0. The van der Waals surface area contributed by atoms with Gasteiger partial charge in [-0.3, -0.25) is 14.5 Å². The molecule has 5 rings (SSSR count). The molecule has 1 aliphatic carbocycles. The molecule has 5 nitrogen and oxygen atoms in total. The summed E-state index contributed by atoms with van der Waals surface area (Å²) in [6.45, 7) is 3.21. The molecular formula is C31H34N2O3. The van der Waals surface area contributed by atoms with Crippen molar-refractivity contribution in [1.82, 2.24) is 4.90 Å². The second kappa shape index (κ2) is 10.6. The van der Waals surface area contributed by atoms with E-state index in [1.807, 2.05) is 12.1 Å². The number of amides is 1. The third-order valence-corrected chi connectivity index (χ3v) is 7.59. The second-order valence-corrected chi connectivity index (χ2v) is 9.99. The summed E-state index contributed by atoms with van der Waals surface area (Å²) < 4.78 is 5.50. The minimum Gasteiger partial charge on any atom is -0.441 e. The van der Waals surface area contributed by atoms with Gasteiger partial charge in [0.15, 0.2) is 5.72 Å². The molecule has 1 fully saturated rings. The lowest BCUT2D eigenvalue weighted by Crippen LogP contribution is -2.48. The van der Waals surface area contributed by atoms with E-state index >= 15 is 0 Å². The zero-order valence-corrected chi connectivity index (χ0v) is 21.0. The minimum absolute atomic E-state index is 0.0490. The molecule has 0 spiro atoms. The number of carbonyl (C=O) groups excluding carboxylic acids is 2. The molecule has 0 atom stereocenters. The highest BCUT2D eigenvalue weighted by atomic mass is 16.6. The van der Waals surface area contributed by atoms with Crippen LogP contribution in [0.1, 0.15) is 73.4 Å². The summed E-state index contributed by atoms with van der Waals surface area (Å²) in [5.41, 5.74) is 6.43. The number of hydrogen-bond donors (Lipinski definition) is 1. The molecule has 1 heterocycles. The van der Waals surface area contributed by atoms with Crippen LogP contribution in [0.2, 0.25) is 0 Å². The molecule has 3 aromatic rings. The molecule has 0 saturated heterocycles. The van der Waals surface area contributed by atoms with E-state index in [-0.39, 0.29) is 5.91 Å². The number of fused-ring (bicyclic) bond motifs is 1. The Hall–Kier alpha value is -3.60. The van der Waals surface area contributed by atoms with E-state index < -0.39 is 5.72 Å². The molecule has 2 aliphatic rings. The maximum atomic E-state index is 13.3. The van der Waals surface area contributed by atoms with Crippen LogP contribution in [0.15, 0.2) is 66.7 Å². The van der Waals surface area contributed by atoms with Crippen molar-refractivity contribution in [1.29, 1.82) is 0 Å². The molecule has 0 unspecified atom stereocenters. The number of nitrogens with one attached hydrogen (secondary N) is 1. The van der Waals surface area contributed by atoms with Crippen LogP contribution in [0.25, 0.3) is 11.1 Å². The molecule has 1 aliphatic heterocycles. The Bertz CT molecular complexity index is 1210. The summed E-state index contributed by atoms with van der Waals surface area (Å²) in [4.78, 5) is 26.3. The number of hydrogen-bond acceptors (Lipinski definition) is 4. The van der Waals surface area contributed by atoms with Gasteiger partial charge in [-0.25, -0.2) is 0 Å². The maximum Gasteiger partial charge on any atom is 0.295 e. The van der Waals surface area contributed by atoms with Crippen LogP contribution < -0.4 is 5.32 Å². The van der Waals surface area contributed by atoms with Gasteiger partial charge in [-0.05, 0) is 78.3 Å². The molecule has 0 bridgehead atoms. The van der Waals surface area contributed by atoms with Crippen LogP contribution in [0.5, 0.6) is 0 Å². The number of rotatable bonds is 10. The SMILES string of the molecule is CCCCCc1ccc(Nc2ccc(-c3ccc4c(c3)C(=O)N(C3(OC=O)CCCC3)C4)cc2)cc1. The summed E-state index contributed by atoms with van der Waals surface area (Å²) in [6, 6.07) is 23.0. The van der Waals surface area contributed by atoms with Gasteiger partial charge in [0.25, 0.3) is 12.4 Å². The zero-order valence-electron chi connectivity index (χ0n) is 21.0. The first kappa shape index (κ1) is 24.1. The van der Waals surface area contributed by atoms with Crippen molar-refractivity contribution in [2.45, 2.75) is 70.6 Å². The van der Waals surface area contributed by atoms with Crippen molar-refractivity contribution in [2.75, 3.05) is 5.32 Å². The molecule has 3 aromatic carbocycles. The largest absolute Gasteiger partial charge is 0.441 e. The fraction of sp³-hybridized carbons (Fsp3) is 0.355. The van der Waals surface area contributed by atoms with Crippen molar-refractivity contribution in [3.05, 3.63) is 83.4 Å². The first-order valence-corrected chi connectivity index (χ1v) is 13.1. The van der Waals surface area contributed by atoms with Gasteiger partial charge in [-0.1, -0.05) is 56.2 Å². The number of carbonyl (C=O) groups is 2. The lowest BCUT2D eigenvalue weighted by molar-refractivity contribution is -0.162. The quantitative estimate of drug-likeness (QED) is 0.245. The summed E-state index contributed by atoms with van der Waals surface area (Å²) in [5, 5.41) is 3.48. The van der Waals surface area contributed by atoms with E-state index in [0.29, 0.717) is 31.4 Å². The van der Waals surface area contributed by atoms with Gasteiger partial charge < -0.3 is 10.1 Å². The highest BCUT2D eigenvalue weighted by Crippen LogP contribution is 2.41. The predicted molar refractivity (Wildman–Crippen MR) is 143 cm³/mol. The molecular weight excluding hydrogens is 448 g/mol. The van der Waals surface area contributed by atoms with Gasteiger partial charge in [-0.2, -0.15) is 0 Å². The van der Waals surface area contributed by atoms with Crippen LogP contribution in [0.3, 0.4) is 0 Å². The molecule has 1 amide bonds. The highest BCUT2D eigenvalue weighted by molar-refractivity contribution is 6.00. The van der Waals surface area contributed by atoms with E-state index in [1.54, 1.807) is 4.90 Å². The van der Waals surface area contributed by atoms with Crippen LogP contribution in [0, 0.1) is 0 Å². The topological polar surface area (TPSA) is 58.6 Å².